The Kier molecular flexibility index (Phi) is 7.84. The summed E-state index contributed by atoms with van der Waals surface area (Å²) in [7, 11) is 0. The smallest absolute Gasteiger partial charge is 0.329 e. The molecule has 2 aromatic carbocycles. The maximum atomic E-state index is 11.9. The van der Waals surface area contributed by atoms with Crippen LogP contribution in [0, 0.1) is 0 Å². The maximum absolute atomic E-state index is 11.9. The van der Waals surface area contributed by atoms with Crippen LogP contribution in [0.15, 0.2) is 58.6 Å². The second kappa shape index (κ2) is 10.1. The molecule has 0 saturated heterocycles. The van der Waals surface area contributed by atoms with Crippen LogP contribution in [0.25, 0.3) is 0 Å². The van der Waals surface area contributed by atoms with Crippen LogP contribution in [0.1, 0.15) is 5.56 Å². The number of anilines is 1. The molecule has 0 aliphatic heterocycles. The number of hydrogen-bond acceptors (Lipinski definition) is 4. The zero-order chi connectivity index (χ0) is 19.8. The van der Waals surface area contributed by atoms with Crippen LogP contribution in [0.3, 0.4) is 0 Å². The quantitative estimate of drug-likeness (QED) is 0.284. The van der Waals surface area contributed by atoms with Gasteiger partial charge in [-0.15, -0.1) is 0 Å². The van der Waals surface area contributed by atoms with Crippen molar-refractivity contribution in [2.24, 2.45) is 5.10 Å². The highest BCUT2D eigenvalue weighted by Crippen LogP contribution is 2.25. The Morgan fingerprint density at radius 1 is 1.19 bits per heavy atom. The normalized spacial score (nSPS) is 10.5. The zero-order valence-corrected chi connectivity index (χ0v) is 16.9. The fraction of sp³-hybridized carbons (Fsp3) is 0.0556. The number of nitrogens with one attached hydrogen (secondary N) is 2. The summed E-state index contributed by atoms with van der Waals surface area (Å²) in [4.78, 5) is 23.8. The molecule has 0 saturated carbocycles. The first-order valence-corrected chi connectivity index (χ1v) is 9.08. The van der Waals surface area contributed by atoms with Crippen molar-refractivity contribution < 1.29 is 14.3 Å². The van der Waals surface area contributed by atoms with E-state index in [0.29, 0.717) is 22.9 Å². The van der Waals surface area contributed by atoms with Gasteiger partial charge in [-0.2, -0.15) is 5.10 Å². The summed E-state index contributed by atoms with van der Waals surface area (Å²) in [5.41, 5.74) is 2.96. The van der Waals surface area contributed by atoms with Crippen molar-refractivity contribution in [2.75, 3.05) is 11.9 Å². The Bertz CT molecular complexity index is 903. The molecular weight excluding hydrogens is 457 g/mol. The first-order valence-electron chi connectivity index (χ1n) is 7.53. The molecule has 0 atom stereocenters. The molecule has 0 aliphatic carbocycles. The highest BCUT2D eigenvalue weighted by atomic mass is 79.9. The van der Waals surface area contributed by atoms with E-state index in [1.54, 1.807) is 30.3 Å². The Hall–Kier alpha value is -2.35. The molecule has 0 heterocycles. The lowest BCUT2D eigenvalue weighted by Crippen LogP contribution is -2.32. The van der Waals surface area contributed by atoms with Crippen molar-refractivity contribution in [3.05, 3.63) is 69.1 Å². The Labute approximate surface area is 174 Å². The molecule has 9 heteroatoms. The molecule has 0 unspecified atom stereocenters. The van der Waals surface area contributed by atoms with Gasteiger partial charge in [-0.25, -0.2) is 5.43 Å². The molecule has 0 bridgehead atoms. The van der Waals surface area contributed by atoms with Crippen LogP contribution >= 0.6 is 39.1 Å². The van der Waals surface area contributed by atoms with E-state index < -0.39 is 11.8 Å². The highest BCUT2D eigenvalue weighted by molar-refractivity contribution is 9.10. The van der Waals surface area contributed by atoms with Crippen LogP contribution in [-0.4, -0.2) is 24.6 Å². The minimum atomic E-state index is -0.967. The van der Waals surface area contributed by atoms with Crippen LogP contribution in [-0.2, 0) is 9.59 Å². The Morgan fingerprint density at radius 2 is 1.96 bits per heavy atom. The minimum absolute atomic E-state index is 0.223. The van der Waals surface area contributed by atoms with E-state index in [1.807, 2.05) is 0 Å². The van der Waals surface area contributed by atoms with Gasteiger partial charge in [0.15, 0.2) is 0 Å². The summed E-state index contributed by atoms with van der Waals surface area (Å²) in [6.45, 7) is 3.90. The minimum Gasteiger partial charge on any atom is -0.489 e. The number of hydrazone groups is 1. The number of rotatable bonds is 6. The molecule has 6 nitrogen and oxygen atoms in total. The third-order valence-corrected chi connectivity index (χ3v) is 4.14. The van der Waals surface area contributed by atoms with Crippen molar-refractivity contribution in [1.82, 2.24) is 5.43 Å². The van der Waals surface area contributed by atoms with Crippen molar-refractivity contribution >= 4 is 62.8 Å². The molecule has 27 heavy (non-hydrogen) atoms. The second-order valence-corrected chi connectivity index (χ2v) is 6.82. The van der Waals surface area contributed by atoms with E-state index in [2.05, 4.69) is 38.4 Å². The van der Waals surface area contributed by atoms with Gasteiger partial charge in [-0.3, -0.25) is 9.59 Å². The predicted octanol–water partition coefficient (Wildman–Crippen LogP) is 4.41. The number of nitrogens with zero attached hydrogens (tertiary/aromatic N) is 1. The molecule has 0 fully saturated rings. The molecule has 0 spiro atoms. The number of hydrogen-bond donors (Lipinski definition) is 2. The van der Waals surface area contributed by atoms with Gasteiger partial charge >= 0.3 is 11.8 Å². The second-order valence-electron chi connectivity index (χ2n) is 5.06. The third kappa shape index (κ3) is 6.39. The molecule has 2 aromatic rings. The largest absolute Gasteiger partial charge is 0.489 e. The number of ether oxygens (including phenoxy) is 1. The Morgan fingerprint density at radius 3 is 2.70 bits per heavy atom. The summed E-state index contributed by atoms with van der Waals surface area (Å²) in [6.07, 6.45) is 2.97. The van der Waals surface area contributed by atoms with Crippen LogP contribution in [0.2, 0.25) is 10.0 Å². The third-order valence-electron chi connectivity index (χ3n) is 3.08. The number of halogens is 3. The predicted molar refractivity (Wildman–Crippen MR) is 111 cm³/mol. The molecule has 140 valence electrons. The van der Waals surface area contributed by atoms with E-state index >= 15 is 0 Å². The maximum Gasteiger partial charge on any atom is 0.329 e. The van der Waals surface area contributed by atoms with E-state index in [9.17, 15) is 9.59 Å². The lowest BCUT2D eigenvalue weighted by atomic mass is 10.2. The molecular formula is C18H14BrCl2N3O3. The first-order chi connectivity index (χ1) is 12.9. The van der Waals surface area contributed by atoms with Crippen molar-refractivity contribution in [3.63, 3.8) is 0 Å². The number of amides is 2. The topological polar surface area (TPSA) is 79.8 Å². The van der Waals surface area contributed by atoms with Gasteiger partial charge in [-0.1, -0.05) is 51.8 Å². The van der Waals surface area contributed by atoms with Gasteiger partial charge < -0.3 is 10.1 Å². The van der Waals surface area contributed by atoms with Gasteiger partial charge in [0.1, 0.15) is 12.4 Å². The van der Waals surface area contributed by atoms with Crippen LogP contribution in [0.5, 0.6) is 5.75 Å². The van der Waals surface area contributed by atoms with Gasteiger partial charge in [0.05, 0.1) is 16.9 Å². The fourth-order valence-electron chi connectivity index (χ4n) is 1.88. The standard InChI is InChI=1S/C18H14BrCl2N3O3/c1-2-7-27-16-6-3-12(19)8-11(16)10-22-24-18(26)17(25)23-15-9-13(20)4-5-14(15)21/h2-6,8-10H,1,7H2,(H,23,25)(H,24,26). The number of carbonyl (C=O) groups excluding carboxylic acids is 2. The van der Waals surface area contributed by atoms with E-state index in [0.717, 1.165) is 4.47 Å². The fourth-order valence-corrected chi connectivity index (χ4v) is 2.60. The van der Waals surface area contributed by atoms with Crippen molar-refractivity contribution in [2.45, 2.75) is 0 Å². The average Bonchev–Trinajstić information content (AvgIpc) is 2.64. The summed E-state index contributed by atoms with van der Waals surface area (Å²) >= 11 is 15.1. The highest BCUT2D eigenvalue weighted by Gasteiger charge is 2.15. The molecule has 0 aliphatic rings. The molecule has 2 rings (SSSR count). The van der Waals surface area contributed by atoms with Crippen LogP contribution < -0.4 is 15.5 Å². The molecule has 2 N–H and O–H groups in total. The van der Waals surface area contributed by atoms with E-state index in [1.165, 1.54) is 18.3 Å². The van der Waals surface area contributed by atoms with E-state index in [4.69, 9.17) is 27.9 Å². The Balaban J connectivity index is 2.02. The zero-order valence-electron chi connectivity index (χ0n) is 13.8. The molecule has 0 radical (unpaired) electrons. The van der Waals surface area contributed by atoms with Crippen molar-refractivity contribution in [1.29, 1.82) is 0 Å². The summed E-state index contributed by atoms with van der Waals surface area (Å²) in [6, 6.07) is 9.80. The lowest BCUT2D eigenvalue weighted by molar-refractivity contribution is -0.136. The summed E-state index contributed by atoms with van der Waals surface area (Å²) in [5.74, 6) is -1.36. The van der Waals surface area contributed by atoms with Gasteiger partial charge in [0, 0.05) is 15.1 Å². The lowest BCUT2D eigenvalue weighted by Gasteiger charge is -2.08. The first kappa shape index (κ1) is 21.0. The average molecular weight is 471 g/mol. The van der Waals surface area contributed by atoms with E-state index in [-0.39, 0.29) is 10.7 Å². The molecule has 0 aromatic heterocycles. The monoisotopic (exact) mass is 469 g/mol. The van der Waals surface area contributed by atoms with Crippen molar-refractivity contribution in [3.8, 4) is 5.75 Å². The van der Waals surface area contributed by atoms with Gasteiger partial charge in [-0.05, 0) is 36.4 Å². The van der Waals surface area contributed by atoms with Crippen LogP contribution in [0.4, 0.5) is 5.69 Å². The summed E-state index contributed by atoms with van der Waals surface area (Å²) in [5, 5.41) is 6.77. The van der Waals surface area contributed by atoms with Gasteiger partial charge in [0.25, 0.3) is 0 Å². The number of carbonyl (C=O) groups is 2. The summed E-state index contributed by atoms with van der Waals surface area (Å²) < 4.78 is 6.30. The van der Waals surface area contributed by atoms with Gasteiger partial charge in [0.2, 0.25) is 0 Å². The number of benzene rings is 2. The molecule has 2 amide bonds. The SMILES string of the molecule is C=CCOc1ccc(Br)cc1C=NNC(=O)C(=O)Nc1cc(Cl)ccc1Cl.